The van der Waals surface area contributed by atoms with Gasteiger partial charge in [0.05, 0.1) is 0 Å². The second kappa shape index (κ2) is 5.26. The van der Waals surface area contributed by atoms with Crippen LogP contribution < -0.4 is 0 Å². The predicted molar refractivity (Wildman–Crippen MR) is 57.8 cm³/mol. The number of ketones is 1. The Bertz CT molecular complexity index is 364. The third-order valence-electron chi connectivity index (χ3n) is 2.11. The lowest BCUT2D eigenvalue weighted by molar-refractivity contribution is 0.0984. The second-order valence-electron chi connectivity index (χ2n) is 3.01. The first-order valence-corrected chi connectivity index (χ1v) is 5.82. The van der Waals surface area contributed by atoms with Crippen molar-refractivity contribution < 1.29 is 13.6 Å². The van der Waals surface area contributed by atoms with Crippen molar-refractivity contribution in [3.8, 4) is 0 Å². The maximum absolute atomic E-state index is 12.6. The standard InChI is InChI=1S/C11H12F2OS/c1-3-9(14)7-5-4-6-8(11(12)13)10(7)15-2/h4-6,11H,3H2,1-2H3. The first kappa shape index (κ1) is 12.2. The zero-order valence-electron chi connectivity index (χ0n) is 8.59. The van der Waals surface area contributed by atoms with Gasteiger partial charge in [0.25, 0.3) is 6.43 Å². The van der Waals surface area contributed by atoms with E-state index < -0.39 is 6.43 Å². The third kappa shape index (κ3) is 2.56. The SMILES string of the molecule is CCC(=O)c1cccc(C(F)F)c1SC. The maximum Gasteiger partial charge on any atom is 0.264 e. The Morgan fingerprint density at radius 1 is 1.47 bits per heavy atom. The molecule has 0 atom stereocenters. The summed E-state index contributed by atoms with van der Waals surface area (Å²) in [6.07, 6.45) is -0.495. The molecule has 0 aliphatic rings. The van der Waals surface area contributed by atoms with Gasteiger partial charge in [0.1, 0.15) is 0 Å². The fourth-order valence-corrected chi connectivity index (χ4v) is 2.16. The molecule has 15 heavy (non-hydrogen) atoms. The molecule has 0 saturated heterocycles. The summed E-state index contributed by atoms with van der Waals surface area (Å²) in [4.78, 5) is 11.9. The minimum atomic E-state index is -2.53. The van der Waals surface area contributed by atoms with E-state index in [0.29, 0.717) is 16.9 Å². The average molecular weight is 230 g/mol. The smallest absolute Gasteiger partial charge is 0.264 e. The number of alkyl halides is 2. The third-order valence-corrected chi connectivity index (χ3v) is 2.97. The Balaban J connectivity index is 3.28. The van der Waals surface area contributed by atoms with E-state index in [0.717, 1.165) is 0 Å². The van der Waals surface area contributed by atoms with E-state index >= 15 is 0 Å². The number of halogens is 2. The minimum absolute atomic E-state index is 0.0539. The number of benzene rings is 1. The van der Waals surface area contributed by atoms with Gasteiger partial charge in [-0.05, 0) is 6.26 Å². The molecule has 0 aliphatic carbocycles. The summed E-state index contributed by atoms with van der Waals surface area (Å²) in [6, 6.07) is 4.47. The molecule has 82 valence electrons. The number of hydrogen-bond acceptors (Lipinski definition) is 2. The Hall–Kier alpha value is -0.900. The number of carbonyl (C=O) groups excluding carboxylic acids is 1. The molecular weight excluding hydrogens is 218 g/mol. The summed E-state index contributed by atoms with van der Waals surface area (Å²) >= 11 is 1.19. The van der Waals surface area contributed by atoms with Crippen LogP contribution in [0, 0.1) is 0 Å². The van der Waals surface area contributed by atoms with Crippen LogP contribution in [0.25, 0.3) is 0 Å². The van der Waals surface area contributed by atoms with E-state index in [9.17, 15) is 13.6 Å². The van der Waals surface area contributed by atoms with Crippen LogP contribution in [-0.2, 0) is 0 Å². The molecule has 0 heterocycles. The van der Waals surface area contributed by atoms with Gasteiger partial charge in [-0.3, -0.25) is 4.79 Å². The van der Waals surface area contributed by atoms with Crippen molar-refractivity contribution in [2.24, 2.45) is 0 Å². The van der Waals surface area contributed by atoms with Crippen molar-refractivity contribution in [3.63, 3.8) is 0 Å². The van der Waals surface area contributed by atoms with Gasteiger partial charge >= 0.3 is 0 Å². The Morgan fingerprint density at radius 3 is 2.60 bits per heavy atom. The lowest BCUT2D eigenvalue weighted by atomic mass is 10.1. The largest absolute Gasteiger partial charge is 0.294 e. The highest BCUT2D eigenvalue weighted by atomic mass is 32.2. The van der Waals surface area contributed by atoms with Gasteiger partial charge in [-0.1, -0.05) is 25.1 Å². The van der Waals surface area contributed by atoms with E-state index in [4.69, 9.17) is 0 Å². The van der Waals surface area contributed by atoms with Crippen molar-refractivity contribution >= 4 is 17.5 Å². The monoisotopic (exact) mass is 230 g/mol. The predicted octanol–water partition coefficient (Wildman–Crippen LogP) is 3.94. The molecule has 1 aromatic carbocycles. The molecular formula is C11H12F2OS. The van der Waals surface area contributed by atoms with Crippen molar-refractivity contribution in [2.45, 2.75) is 24.7 Å². The lowest BCUT2D eigenvalue weighted by Crippen LogP contribution is -2.02. The van der Waals surface area contributed by atoms with Crippen molar-refractivity contribution in [1.82, 2.24) is 0 Å². The normalized spacial score (nSPS) is 10.7. The van der Waals surface area contributed by atoms with Crippen LogP contribution in [0.2, 0.25) is 0 Å². The van der Waals surface area contributed by atoms with Crippen LogP contribution >= 0.6 is 11.8 Å². The first-order chi connectivity index (χ1) is 7.11. The van der Waals surface area contributed by atoms with Gasteiger partial charge in [0.2, 0.25) is 0 Å². The number of thioether (sulfide) groups is 1. The summed E-state index contributed by atoms with van der Waals surface area (Å²) in [5, 5.41) is 0. The van der Waals surface area contributed by atoms with Gasteiger partial charge in [-0.25, -0.2) is 8.78 Å². The summed E-state index contributed by atoms with van der Waals surface area (Å²) in [5.74, 6) is -0.0955. The number of Topliss-reactive ketones (excluding diaryl/α,β-unsaturated/α-hetero) is 1. The van der Waals surface area contributed by atoms with Crippen molar-refractivity contribution in [2.75, 3.05) is 6.26 Å². The summed E-state index contributed by atoms with van der Waals surface area (Å²) in [7, 11) is 0. The highest BCUT2D eigenvalue weighted by Gasteiger charge is 2.18. The highest BCUT2D eigenvalue weighted by Crippen LogP contribution is 2.32. The van der Waals surface area contributed by atoms with E-state index in [-0.39, 0.29) is 11.3 Å². The molecule has 0 amide bonds. The Morgan fingerprint density at radius 2 is 2.13 bits per heavy atom. The van der Waals surface area contributed by atoms with Crippen LogP contribution in [0.3, 0.4) is 0 Å². The van der Waals surface area contributed by atoms with Crippen molar-refractivity contribution in [3.05, 3.63) is 29.3 Å². The molecule has 0 bridgehead atoms. The molecule has 0 N–H and O–H groups in total. The van der Waals surface area contributed by atoms with Gasteiger partial charge in [-0.2, -0.15) is 0 Å². The molecule has 0 unspecified atom stereocenters. The second-order valence-corrected chi connectivity index (χ2v) is 3.82. The van der Waals surface area contributed by atoms with Gasteiger partial charge < -0.3 is 0 Å². The van der Waals surface area contributed by atoms with Crippen LogP contribution in [0.4, 0.5) is 8.78 Å². The van der Waals surface area contributed by atoms with Crippen LogP contribution in [0.1, 0.15) is 35.7 Å². The van der Waals surface area contributed by atoms with Gasteiger partial charge in [0, 0.05) is 22.4 Å². The summed E-state index contributed by atoms with van der Waals surface area (Å²) < 4.78 is 25.3. The minimum Gasteiger partial charge on any atom is -0.294 e. The molecule has 1 nitrogen and oxygen atoms in total. The topological polar surface area (TPSA) is 17.1 Å². The van der Waals surface area contributed by atoms with Crippen LogP contribution in [0.5, 0.6) is 0 Å². The molecule has 0 radical (unpaired) electrons. The Labute approximate surface area is 91.9 Å². The van der Waals surface area contributed by atoms with Gasteiger partial charge in [0.15, 0.2) is 5.78 Å². The van der Waals surface area contributed by atoms with E-state index in [1.807, 2.05) is 0 Å². The molecule has 0 fully saturated rings. The quantitative estimate of drug-likeness (QED) is 0.575. The molecule has 4 heteroatoms. The van der Waals surface area contributed by atoms with Crippen molar-refractivity contribution in [1.29, 1.82) is 0 Å². The molecule has 0 aromatic heterocycles. The zero-order chi connectivity index (χ0) is 11.4. The van der Waals surface area contributed by atoms with Crippen LogP contribution in [-0.4, -0.2) is 12.0 Å². The fourth-order valence-electron chi connectivity index (χ4n) is 1.36. The maximum atomic E-state index is 12.6. The number of rotatable bonds is 4. The van der Waals surface area contributed by atoms with E-state index in [2.05, 4.69) is 0 Å². The highest BCUT2D eigenvalue weighted by molar-refractivity contribution is 7.98. The van der Waals surface area contributed by atoms with Crippen LogP contribution in [0.15, 0.2) is 23.1 Å². The fraction of sp³-hybridized carbons (Fsp3) is 0.364. The zero-order valence-corrected chi connectivity index (χ0v) is 9.41. The lowest BCUT2D eigenvalue weighted by Gasteiger charge is -2.10. The molecule has 1 rings (SSSR count). The number of carbonyl (C=O) groups is 1. The molecule has 1 aromatic rings. The summed E-state index contributed by atoms with van der Waals surface area (Å²) in [6.45, 7) is 1.72. The Kier molecular flexibility index (Phi) is 4.27. The van der Waals surface area contributed by atoms with E-state index in [1.54, 1.807) is 19.2 Å². The number of hydrogen-bond donors (Lipinski definition) is 0. The summed E-state index contributed by atoms with van der Waals surface area (Å²) in [5.41, 5.74) is 0.351. The first-order valence-electron chi connectivity index (χ1n) is 4.60. The molecule has 0 spiro atoms. The average Bonchev–Trinajstić information content (AvgIpc) is 2.26. The molecule has 0 saturated carbocycles. The van der Waals surface area contributed by atoms with E-state index in [1.165, 1.54) is 23.9 Å². The van der Waals surface area contributed by atoms with Gasteiger partial charge in [-0.15, -0.1) is 11.8 Å². The molecule has 0 aliphatic heterocycles.